The molecule has 23 heavy (non-hydrogen) atoms. The Kier molecular flexibility index (Phi) is 3.49. The molecule has 3 heterocycles. The quantitative estimate of drug-likeness (QED) is 0.750. The SMILES string of the molecule is C[C@H](C(=O)N1CCc2[nH]c3c(Br)cccc3c2C1)n1ccnc1. The summed E-state index contributed by atoms with van der Waals surface area (Å²) >= 11 is 3.59. The number of rotatable bonds is 2. The van der Waals surface area contributed by atoms with Crippen molar-refractivity contribution < 1.29 is 4.79 Å². The van der Waals surface area contributed by atoms with Crippen LogP contribution in [0.1, 0.15) is 24.2 Å². The van der Waals surface area contributed by atoms with Crippen LogP contribution in [0.3, 0.4) is 0 Å². The maximum absolute atomic E-state index is 12.8. The van der Waals surface area contributed by atoms with Crippen LogP contribution in [0.2, 0.25) is 0 Å². The van der Waals surface area contributed by atoms with Gasteiger partial charge in [0.15, 0.2) is 0 Å². The molecule has 0 radical (unpaired) electrons. The number of carbonyl (C=O) groups excluding carboxylic acids is 1. The summed E-state index contributed by atoms with van der Waals surface area (Å²) in [5.41, 5.74) is 3.60. The van der Waals surface area contributed by atoms with Crippen molar-refractivity contribution in [1.82, 2.24) is 19.4 Å². The molecule has 2 aromatic heterocycles. The van der Waals surface area contributed by atoms with E-state index in [1.165, 1.54) is 16.6 Å². The van der Waals surface area contributed by atoms with Gasteiger partial charge in [-0.2, -0.15) is 0 Å². The van der Waals surface area contributed by atoms with Crippen LogP contribution in [0, 0.1) is 0 Å². The highest BCUT2D eigenvalue weighted by Crippen LogP contribution is 2.32. The molecule has 0 fully saturated rings. The third kappa shape index (κ3) is 2.37. The molecular weight excluding hydrogens is 356 g/mol. The highest BCUT2D eigenvalue weighted by molar-refractivity contribution is 9.10. The summed E-state index contributed by atoms with van der Waals surface area (Å²) in [6.45, 7) is 3.32. The van der Waals surface area contributed by atoms with Gasteiger partial charge in [0.05, 0.1) is 11.8 Å². The van der Waals surface area contributed by atoms with Gasteiger partial charge in [0, 0.05) is 53.0 Å². The number of hydrogen-bond donors (Lipinski definition) is 1. The molecule has 6 heteroatoms. The highest BCUT2D eigenvalue weighted by atomic mass is 79.9. The number of imidazole rings is 1. The van der Waals surface area contributed by atoms with E-state index in [0.29, 0.717) is 6.54 Å². The molecular formula is C17H17BrN4O. The first kappa shape index (κ1) is 14.5. The fourth-order valence-corrected chi connectivity index (χ4v) is 3.75. The number of amides is 1. The molecule has 0 saturated heterocycles. The van der Waals surface area contributed by atoms with E-state index in [-0.39, 0.29) is 11.9 Å². The minimum Gasteiger partial charge on any atom is -0.357 e. The van der Waals surface area contributed by atoms with Gasteiger partial charge >= 0.3 is 0 Å². The number of aromatic amines is 1. The van der Waals surface area contributed by atoms with Crippen LogP contribution in [0.15, 0.2) is 41.4 Å². The monoisotopic (exact) mass is 372 g/mol. The van der Waals surface area contributed by atoms with Crippen molar-refractivity contribution in [2.45, 2.75) is 25.9 Å². The summed E-state index contributed by atoms with van der Waals surface area (Å²) in [4.78, 5) is 22.3. The van der Waals surface area contributed by atoms with Gasteiger partial charge in [0.25, 0.3) is 0 Å². The van der Waals surface area contributed by atoms with E-state index in [0.717, 1.165) is 23.0 Å². The Labute approximate surface area is 142 Å². The summed E-state index contributed by atoms with van der Waals surface area (Å²) < 4.78 is 2.91. The minimum absolute atomic E-state index is 0.137. The number of fused-ring (bicyclic) bond motifs is 3. The number of carbonyl (C=O) groups is 1. The number of para-hydroxylation sites is 1. The molecule has 5 nitrogen and oxygen atoms in total. The number of hydrogen-bond acceptors (Lipinski definition) is 2. The standard InChI is InChI=1S/C17H17BrN4O/c1-11(22-8-6-19-10-22)17(23)21-7-5-15-13(9-21)12-3-2-4-14(18)16(12)20-15/h2-4,6,8,10-11,20H,5,7,9H2,1H3/t11-/m1/s1. The molecule has 1 N–H and O–H groups in total. The van der Waals surface area contributed by atoms with Crippen LogP contribution in [-0.4, -0.2) is 31.9 Å². The van der Waals surface area contributed by atoms with Gasteiger partial charge in [-0.3, -0.25) is 4.79 Å². The highest BCUT2D eigenvalue weighted by Gasteiger charge is 2.27. The molecule has 0 saturated carbocycles. The number of benzene rings is 1. The van der Waals surface area contributed by atoms with Gasteiger partial charge in [-0.05, 0) is 28.9 Å². The first-order valence-corrected chi connectivity index (χ1v) is 8.48. The number of H-pyrrole nitrogens is 1. The van der Waals surface area contributed by atoms with Crippen molar-refractivity contribution >= 4 is 32.7 Å². The average Bonchev–Trinajstić information content (AvgIpc) is 3.21. The second-order valence-corrected chi connectivity index (χ2v) is 6.79. The maximum Gasteiger partial charge on any atom is 0.245 e. The van der Waals surface area contributed by atoms with Crippen LogP contribution in [0.4, 0.5) is 0 Å². The Morgan fingerprint density at radius 3 is 3.09 bits per heavy atom. The normalized spacial score (nSPS) is 15.7. The van der Waals surface area contributed by atoms with Crippen molar-refractivity contribution in [3.63, 3.8) is 0 Å². The van der Waals surface area contributed by atoms with Crippen LogP contribution >= 0.6 is 15.9 Å². The maximum atomic E-state index is 12.8. The molecule has 0 aliphatic carbocycles. The summed E-state index contributed by atoms with van der Waals surface area (Å²) in [6.07, 6.45) is 6.09. The summed E-state index contributed by atoms with van der Waals surface area (Å²) in [7, 11) is 0. The lowest BCUT2D eigenvalue weighted by atomic mass is 10.0. The average molecular weight is 373 g/mol. The smallest absolute Gasteiger partial charge is 0.245 e. The number of halogens is 1. The van der Waals surface area contributed by atoms with Gasteiger partial charge < -0.3 is 14.5 Å². The Hall–Kier alpha value is -2.08. The molecule has 4 rings (SSSR count). The second-order valence-electron chi connectivity index (χ2n) is 5.94. The number of aromatic nitrogens is 3. The summed E-state index contributed by atoms with van der Waals surface area (Å²) in [5.74, 6) is 0.137. The summed E-state index contributed by atoms with van der Waals surface area (Å²) in [5, 5.41) is 1.20. The van der Waals surface area contributed by atoms with Crippen LogP contribution in [-0.2, 0) is 17.8 Å². The molecule has 3 aromatic rings. The van der Waals surface area contributed by atoms with E-state index in [2.05, 4.69) is 32.0 Å². The second kappa shape index (κ2) is 5.53. The predicted octanol–water partition coefficient (Wildman–Crippen LogP) is 3.27. The van der Waals surface area contributed by atoms with E-state index < -0.39 is 0 Å². The van der Waals surface area contributed by atoms with Gasteiger partial charge in [0.2, 0.25) is 5.91 Å². The minimum atomic E-state index is -0.226. The summed E-state index contributed by atoms with van der Waals surface area (Å²) in [6, 6.07) is 5.96. The van der Waals surface area contributed by atoms with Crippen LogP contribution in [0.25, 0.3) is 10.9 Å². The first-order valence-electron chi connectivity index (χ1n) is 7.69. The van der Waals surface area contributed by atoms with E-state index in [9.17, 15) is 4.79 Å². The van der Waals surface area contributed by atoms with E-state index in [1.54, 1.807) is 12.5 Å². The Morgan fingerprint density at radius 1 is 1.43 bits per heavy atom. The van der Waals surface area contributed by atoms with Crippen molar-refractivity contribution in [3.8, 4) is 0 Å². The van der Waals surface area contributed by atoms with Crippen LogP contribution in [0.5, 0.6) is 0 Å². The van der Waals surface area contributed by atoms with Gasteiger partial charge in [-0.25, -0.2) is 4.98 Å². The van der Waals surface area contributed by atoms with E-state index >= 15 is 0 Å². The fourth-order valence-electron chi connectivity index (χ4n) is 3.28. The van der Waals surface area contributed by atoms with Gasteiger partial charge in [-0.15, -0.1) is 0 Å². The molecule has 1 aromatic carbocycles. The molecule has 0 unspecified atom stereocenters. The Balaban J connectivity index is 1.65. The van der Waals surface area contributed by atoms with Gasteiger partial charge in [-0.1, -0.05) is 12.1 Å². The number of nitrogens with one attached hydrogen (secondary N) is 1. The van der Waals surface area contributed by atoms with Crippen LogP contribution < -0.4 is 0 Å². The molecule has 1 aliphatic heterocycles. The number of nitrogens with zero attached hydrogens (tertiary/aromatic N) is 3. The predicted molar refractivity (Wildman–Crippen MR) is 92.1 cm³/mol. The Bertz CT molecular complexity index is 868. The van der Waals surface area contributed by atoms with Crippen molar-refractivity contribution in [2.75, 3.05) is 6.54 Å². The molecule has 118 valence electrons. The largest absolute Gasteiger partial charge is 0.357 e. The molecule has 1 amide bonds. The zero-order valence-corrected chi connectivity index (χ0v) is 14.4. The molecule has 1 atom stereocenters. The van der Waals surface area contributed by atoms with Crippen molar-refractivity contribution in [3.05, 3.63) is 52.7 Å². The van der Waals surface area contributed by atoms with Crippen molar-refractivity contribution in [2.24, 2.45) is 0 Å². The molecule has 0 bridgehead atoms. The van der Waals surface area contributed by atoms with E-state index in [1.807, 2.05) is 34.7 Å². The third-order valence-electron chi connectivity index (χ3n) is 4.60. The topological polar surface area (TPSA) is 53.9 Å². The fraction of sp³-hybridized carbons (Fsp3) is 0.294. The molecule has 1 aliphatic rings. The molecule has 0 spiro atoms. The third-order valence-corrected chi connectivity index (χ3v) is 5.26. The van der Waals surface area contributed by atoms with E-state index in [4.69, 9.17) is 0 Å². The van der Waals surface area contributed by atoms with Crippen molar-refractivity contribution in [1.29, 1.82) is 0 Å². The lowest BCUT2D eigenvalue weighted by Gasteiger charge is -2.30. The lowest BCUT2D eigenvalue weighted by molar-refractivity contribution is -0.135. The zero-order valence-electron chi connectivity index (χ0n) is 12.8. The first-order chi connectivity index (χ1) is 11.1. The Morgan fingerprint density at radius 2 is 2.30 bits per heavy atom. The lowest BCUT2D eigenvalue weighted by Crippen LogP contribution is -2.39. The zero-order chi connectivity index (χ0) is 16.0. The van der Waals surface area contributed by atoms with Gasteiger partial charge in [0.1, 0.15) is 6.04 Å².